The molecular formula is C18H38O5Si. The highest BCUT2D eigenvalue weighted by atomic mass is 28.4. The van der Waals surface area contributed by atoms with E-state index in [1.807, 2.05) is 0 Å². The van der Waals surface area contributed by atoms with E-state index < -0.39 is 31.9 Å². The molecule has 0 amide bonds. The second kappa shape index (κ2) is 7.72. The third kappa shape index (κ3) is 4.05. The highest BCUT2D eigenvalue weighted by molar-refractivity contribution is 6.77. The van der Waals surface area contributed by atoms with Crippen molar-refractivity contribution in [3.8, 4) is 0 Å². The van der Waals surface area contributed by atoms with Crippen LogP contribution < -0.4 is 0 Å². The molecule has 0 bridgehead atoms. The van der Waals surface area contributed by atoms with Crippen LogP contribution in [0.5, 0.6) is 0 Å². The molecule has 0 aromatic rings. The predicted molar refractivity (Wildman–Crippen MR) is 98.5 cm³/mol. The van der Waals surface area contributed by atoms with Crippen LogP contribution in [0.1, 0.15) is 62.3 Å². The molecule has 0 spiro atoms. The Morgan fingerprint density at radius 2 is 1.46 bits per heavy atom. The average molecular weight is 363 g/mol. The van der Waals surface area contributed by atoms with Crippen LogP contribution in [0, 0.1) is 0 Å². The molecule has 0 aromatic heterocycles. The van der Waals surface area contributed by atoms with Gasteiger partial charge < -0.3 is 24.1 Å². The van der Waals surface area contributed by atoms with Crippen LogP contribution in [0.25, 0.3) is 0 Å². The minimum Gasteiger partial charge on any atom is -0.413 e. The van der Waals surface area contributed by atoms with Crippen molar-refractivity contribution >= 4 is 8.32 Å². The van der Waals surface area contributed by atoms with Crippen LogP contribution >= 0.6 is 0 Å². The van der Waals surface area contributed by atoms with Crippen LogP contribution in [0.4, 0.5) is 0 Å². The van der Waals surface area contributed by atoms with Gasteiger partial charge in [0.2, 0.25) is 0 Å². The first-order valence-electron chi connectivity index (χ1n) is 9.14. The maximum Gasteiger partial charge on any atom is 0.200 e. The molecule has 3 atom stereocenters. The summed E-state index contributed by atoms with van der Waals surface area (Å²) in [4.78, 5) is 0. The largest absolute Gasteiger partial charge is 0.413 e. The van der Waals surface area contributed by atoms with E-state index in [0.717, 1.165) is 0 Å². The molecule has 0 radical (unpaired) electrons. The molecule has 6 heteroatoms. The molecule has 1 fully saturated rings. The lowest BCUT2D eigenvalue weighted by atomic mass is 9.93. The fourth-order valence-electron chi connectivity index (χ4n) is 4.47. The molecule has 1 unspecified atom stereocenters. The van der Waals surface area contributed by atoms with E-state index in [2.05, 4.69) is 41.5 Å². The van der Waals surface area contributed by atoms with Gasteiger partial charge in [-0.05, 0) is 37.4 Å². The van der Waals surface area contributed by atoms with E-state index in [9.17, 15) is 10.2 Å². The van der Waals surface area contributed by atoms with Crippen molar-refractivity contribution in [2.24, 2.45) is 0 Å². The fraction of sp³-hybridized carbons (Fsp3) is 1.00. The molecule has 0 saturated carbocycles. The maximum atomic E-state index is 10.8. The van der Waals surface area contributed by atoms with Crippen molar-refractivity contribution < 1.29 is 24.1 Å². The van der Waals surface area contributed by atoms with Crippen LogP contribution in [-0.4, -0.2) is 55.3 Å². The number of aliphatic hydroxyl groups is 2. The van der Waals surface area contributed by atoms with E-state index in [4.69, 9.17) is 13.9 Å². The minimum absolute atomic E-state index is 0.196. The van der Waals surface area contributed by atoms with Gasteiger partial charge in [0, 0.05) is 0 Å². The van der Waals surface area contributed by atoms with Gasteiger partial charge in [0.05, 0.1) is 13.2 Å². The highest BCUT2D eigenvalue weighted by Crippen LogP contribution is 2.44. The summed E-state index contributed by atoms with van der Waals surface area (Å²) in [6.45, 7) is 18.7. The summed E-state index contributed by atoms with van der Waals surface area (Å²) in [6.07, 6.45) is -1.43. The molecule has 1 aliphatic heterocycles. The highest BCUT2D eigenvalue weighted by Gasteiger charge is 2.55. The SMILES string of the molecule is CC(C)[Si](OC[C@@H](O)[C@@]1(C)OC(C)(C)OC1CO)(C(C)C)C(C)C. The number of rotatable bonds is 8. The molecular weight excluding hydrogens is 324 g/mol. The van der Waals surface area contributed by atoms with E-state index in [1.165, 1.54) is 0 Å². The van der Waals surface area contributed by atoms with Gasteiger partial charge in [-0.15, -0.1) is 0 Å². The number of ether oxygens (including phenoxy) is 2. The predicted octanol–water partition coefficient (Wildman–Crippen LogP) is 3.44. The molecule has 1 rings (SSSR count). The molecule has 5 nitrogen and oxygen atoms in total. The monoisotopic (exact) mass is 362 g/mol. The zero-order valence-electron chi connectivity index (χ0n) is 16.9. The zero-order valence-corrected chi connectivity index (χ0v) is 17.9. The van der Waals surface area contributed by atoms with E-state index in [0.29, 0.717) is 16.6 Å². The fourth-order valence-corrected chi connectivity index (χ4v) is 9.92. The van der Waals surface area contributed by atoms with Crippen LogP contribution in [0.3, 0.4) is 0 Å². The first kappa shape index (κ1) is 22.1. The Balaban J connectivity index is 2.95. The van der Waals surface area contributed by atoms with Gasteiger partial charge in [-0.1, -0.05) is 41.5 Å². The maximum absolute atomic E-state index is 10.8. The molecule has 1 aliphatic rings. The van der Waals surface area contributed by atoms with Crippen molar-refractivity contribution in [1.29, 1.82) is 0 Å². The van der Waals surface area contributed by atoms with Gasteiger partial charge in [0.1, 0.15) is 17.8 Å². The number of hydrogen-bond acceptors (Lipinski definition) is 5. The first-order chi connectivity index (χ1) is 10.8. The zero-order chi connectivity index (χ0) is 18.9. The van der Waals surface area contributed by atoms with E-state index in [-0.39, 0.29) is 13.2 Å². The molecule has 24 heavy (non-hydrogen) atoms. The second-order valence-corrected chi connectivity index (χ2v) is 14.1. The van der Waals surface area contributed by atoms with Crippen molar-refractivity contribution in [2.75, 3.05) is 13.2 Å². The molecule has 1 saturated heterocycles. The van der Waals surface area contributed by atoms with E-state index in [1.54, 1.807) is 20.8 Å². The second-order valence-electron chi connectivity index (χ2n) is 8.62. The lowest BCUT2D eigenvalue weighted by Gasteiger charge is -2.44. The van der Waals surface area contributed by atoms with Crippen molar-refractivity contribution in [1.82, 2.24) is 0 Å². The van der Waals surface area contributed by atoms with Crippen molar-refractivity contribution in [3.63, 3.8) is 0 Å². The molecule has 144 valence electrons. The Kier molecular flexibility index (Phi) is 7.10. The lowest BCUT2D eigenvalue weighted by Crippen LogP contribution is -2.55. The van der Waals surface area contributed by atoms with Gasteiger partial charge >= 0.3 is 0 Å². The molecule has 1 heterocycles. The summed E-state index contributed by atoms with van der Waals surface area (Å²) < 4.78 is 18.2. The summed E-state index contributed by atoms with van der Waals surface area (Å²) in [7, 11) is -2.06. The standard InChI is InChI=1S/C18H38O5Si/c1-12(2)24(13(3)4,14(5)6)21-11-15(20)18(9)16(10-19)22-17(7,8)23-18/h12-16,19-20H,10-11H2,1-9H3/t15-,16?,18-/m1/s1. The first-order valence-corrected chi connectivity index (χ1v) is 11.3. The summed E-state index contributed by atoms with van der Waals surface area (Å²) in [5.41, 5.74) is 0.360. The molecule has 0 aliphatic carbocycles. The van der Waals surface area contributed by atoms with Gasteiger partial charge in [0.15, 0.2) is 14.1 Å². The van der Waals surface area contributed by atoms with E-state index >= 15 is 0 Å². The van der Waals surface area contributed by atoms with Gasteiger partial charge in [-0.2, -0.15) is 0 Å². The van der Waals surface area contributed by atoms with Crippen LogP contribution in [0.2, 0.25) is 16.6 Å². The topological polar surface area (TPSA) is 68.2 Å². The average Bonchev–Trinajstić information content (AvgIpc) is 2.68. The molecule has 0 aromatic carbocycles. The normalized spacial score (nSPS) is 29.0. The van der Waals surface area contributed by atoms with Crippen molar-refractivity contribution in [3.05, 3.63) is 0 Å². The third-order valence-corrected chi connectivity index (χ3v) is 11.6. The third-order valence-electron chi connectivity index (χ3n) is 5.56. The Morgan fingerprint density at radius 1 is 1.00 bits per heavy atom. The Bertz CT molecular complexity index is 388. The van der Waals surface area contributed by atoms with Crippen molar-refractivity contribution in [2.45, 2.75) is 103 Å². The van der Waals surface area contributed by atoms with Crippen LogP contribution in [0.15, 0.2) is 0 Å². The smallest absolute Gasteiger partial charge is 0.200 e. The quantitative estimate of drug-likeness (QED) is 0.647. The minimum atomic E-state index is -2.06. The number of aliphatic hydroxyl groups excluding tert-OH is 2. The number of hydrogen-bond donors (Lipinski definition) is 2. The Hall–Kier alpha value is 0.0169. The summed E-state index contributed by atoms with van der Waals surface area (Å²) >= 11 is 0. The van der Waals surface area contributed by atoms with Gasteiger partial charge in [-0.3, -0.25) is 0 Å². The van der Waals surface area contributed by atoms with Crippen LogP contribution in [-0.2, 0) is 13.9 Å². The van der Waals surface area contributed by atoms with Gasteiger partial charge in [0.25, 0.3) is 0 Å². The van der Waals surface area contributed by atoms with Gasteiger partial charge in [-0.25, -0.2) is 0 Å². The summed E-state index contributed by atoms with van der Waals surface area (Å²) in [6, 6.07) is 0. The Morgan fingerprint density at radius 3 is 1.83 bits per heavy atom. The Labute approximate surface area is 148 Å². The summed E-state index contributed by atoms with van der Waals surface area (Å²) in [5, 5.41) is 20.5. The summed E-state index contributed by atoms with van der Waals surface area (Å²) in [5.74, 6) is -0.828. The molecule has 2 N–H and O–H groups in total. The lowest BCUT2D eigenvalue weighted by molar-refractivity contribution is -0.182.